The number of ketones is 1. The summed E-state index contributed by atoms with van der Waals surface area (Å²) < 4.78 is 11.5. The Labute approximate surface area is 171 Å². The first-order valence-corrected chi connectivity index (χ1v) is 10.3. The summed E-state index contributed by atoms with van der Waals surface area (Å²) in [6, 6.07) is 7.82. The lowest BCUT2D eigenvalue weighted by Crippen LogP contribution is -2.22. The van der Waals surface area contributed by atoms with Crippen molar-refractivity contribution >= 4 is 11.8 Å². The van der Waals surface area contributed by atoms with E-state index < -0.39 is 5.97 Å². The first-order valence-electron chi connectivity index (χ1n) is 10.3. The fourth-order valence-electron chi connectivity index (χ4n) is 2.89. The Hall–Kier alpha value is -2.77. The number of rotatable bonds is 14. The predicted molar refractivity (Wildman–Crippen MR) is 108 cm³/mol. The van der Waals surface area contributed by atoms with Gasteiger partial charge in [-0.05, 0) is 47.9 Å². The molecule has 8 heteroatoms. The Morgan fingerprint density at radius 3 is 2.45 bits per heavy atom. The second-order valence-electron chi connectivity index (χ2n) is 6.87. The maximum Gasteiger partial charge on any atom is 0.378 e. The van der Waals surface area contributed by atoms with Crippen LogP contribution < -0.4 is 4.74 Å². The molecule has 0 saturated carbocycles. The van der Waals surface area contributed by atoms with E-state index in [2.05, 4.69) is 22.4 Å². The third-order valence-corrected chi connectivity index (χ3v) is 4.46. The number of Topliss-reactive ketones (excluding diaryl/α,β-unsaturated/α-hetero) is 1. The molecule has 2 rings (SSSR count). The summed E-state index contributed by atoms with van der Waals surface area (Å²) in [6.07, 6.45) is 8.73. The van der Waals surface area contributed by atoms with Gasteiger partial charge in [0, 0.05) is 0 Å². The normalized spacial score (nSPS) is 10.7. The molecule has 0 amide bonds. The molecule has 0 spiro atoms. The van der Waals surface area contributed by atoms with E-state index in [1.165, 1.54) is 44.1 Å². The molecule has 2 aromatic rings. The van der Waals surface area contributed by atoms with Gasteiger partial charge >= 0.3 is 5.97 Å². The summed E-state index contributed by atoms with van der Waals surface area (Å²) >= 11 is 0. The lowest BCUT2D eigenvalue weighted by Gasteiger charge is -2.08. The zero-order valence-corrected chi connectivity index (χ0v) is 17.3. The van der Waals surface area contributed by atoms with Gasteiger partial charge in [-0.2, -0.15) is 0 Å². The Balaban J connectivity index is 1.72. The van der Waals surface area contributed by atoms with Gasteiger partial charge in [0.2, 0.25) is 0 Å². The van der Waals surface area contributed by atoms with Crippen LogP contribution >= 0.6 is 0 Å². The average Bonchev–Trinajstić information content (AvgIpc) is 3.18. The highest BCUT2D eigenvalue weighted by Crippen LogP contribution is 2.15. The van der Waals surface area contributed by atoms with Crippen LogP contribution in [0.5, 0.6) is 5.75 Å². The molecule has 8 nitrogen and oxygen atoms in total. The lowest BCUT2D eigenvalue weighted by atomic mass is 10.0. The van der Waals surface area contributed by atoms with Gasteiger partial charge in [-0.15, -0.1) is 5.10 Å². The van der Waals surface area contributed by atoms with E-state index in [9.17, 15) is 9.59 Å². The molecule has 0 aliphatic carbocycles. The van der Waals surface area contributed by atoms with E-state index in [1.54, 1.807) is 6.92 Å². The molecule has 0 fully saturated rings. The van der Waals surface area contributed by atoms with Gasteiger partial charge in [0.25, 0.3) is 5.82 Å². The first kappa shape index (κ1) is 22.5. The largest absolute Gasteiger partial charge is 0.486 e. The first-order chi connectivity index (χ1) is 14.1. The van der Waals surface area contributed by atoms with Crippen LogP contribution in [0.4, 0.5) is 0 Å². The highest BCUT2D eigenvalue weighted by molar-refractivity contribution is 5.86. The van der Waals surface area contributed by atoms with E-state index in [-0.39, 0.29) is 31.4 Å². The number of benzene rings is 1. The highest BCUT2D eigenvalue weighted by atomic mass is 16.5. The maximum atomic E-state index is 12.1. The number of carbonyl (C=O) groups is 2. The van der Waals surface area contributed by atoms with Crippen LogP contribution in [-0.2, 0) is 22.5 Å². The van der Waals surface area contributed by atoms with Crippen molar-refractivity contribution in [1.82, 2.24) is 20.2 Å². The zero-order valence-electron chi connectivity index (χ0n) is 17.3. The summed E-state index contributed by atoms with van der Waals surface area (Å²) in [5.41, 5.74) is 1.27. The van der Waals surface area contributed by atoms with Gasteiger partial charge < -0.3 is 9.47 Å². The van der Waals surface area contributed by atoms with Crippen molar-refractivity contribution in [3.05, 3.63) is 35.7 Å². The summed E-state index contributed by atoms with van der Waals surface area (Å²) in [5.74, 6) is -0.377. The topological polar surface area (TPSA) is 96.2 Å². The van der Waals surface area contributed by atoms with Crippen molar-refractivity contribution in [3.8, 4) is 5.75 Å². The second kappa shape index (κ2) is 12.6. The minimum absolute atomic E-state index is 0.0979. The molecule has 1 aromatic heterocycles. The Morgan fingerprint density at radius 1 is 1.00 bits per heavy atom. The summed E-state index contributed by atoms with van der Waals surface area (Å²) in [7, 11) is 0. The van der Waals surface area contributed by atoms with Gasteiger partial charge in [-0.1, -0.05) is 51.2 Å². The zero-order chi connectivity index (χ0) is 20.9. The molecule has 158 valence electrons. The van der Waals surface area contributed by atoms with E-state index in [4.69, 9.17) is 9.47 Å². The molecule has 0 N–H and O–H groups in total. The lowest BCUT2D eigenvalue weighted by molar-refractivity contribution is -0.121. The number of nitrogens with zero attached hydrogens (tertiary/aromatic N) is 4. The summed E-state index contributed by atoms with van der Waals surface area (Å²) in [5, 5.41) is 10.7. The molecule has 0 atom stereocenters. The minimum atomic E-state index is -0.660. The molecule has 0 radical (unpaired) electrons. The maximum absolute atomic E-state index is 12.1. The van der Waals surface area contributed by atoms with Crippen LogP contribution in [0, 0.1) is 0 Å². The number of aromatic nitrogens is 4. The number of hydrogen-bond acceptors (Lipinski definition) is 7. The molecular weight excluding hydrogens is 372 g/mol. The van der Waals surface area contributed by atoms with E-state index in [0.29, 0.717) is 5.75 Å². The molecule has 0 aliphatic rings. The highest BCUT2D eigenvalue weighted by Gasteiger charge is 2.18. The predicted octanol–water partition coefficient (Wildman–Crippen LogP) is 3.40. The summed E-state index contributed by atoms with van der Waals surface area (Å²) in [4.78, 5) is 23.9. The van der Waals surface area contributed by atoms with E-state index >= 15 is 0 Å². The van der Waals surface area contributed by atoms with Crippen LogP contribution in [-0.4, -0.2) is 45.2 Å². The summed E-state index contributed by atoms with van der Waals surface area (Å²) in [6.45, 7) is 3.83. The van der Waals surface area contributed by atoms with Crippen molar-refractivity contribution in [2.45, 2.75) is 65.3 Å². The van der Waals surface area contributed by atoms with E-state index in [1.807, 2.05) is 24.3 Å². The monoisotopic (exact) mass is 402 g/mol. The quantitative estimate of drug-likeness (QED) is 0.353. The Morgan fingerprint density at radius 2 is 1.72 bits per heavy atom. The van der Waals surface area contributed by atoms with Crippen molar-refractivity contribution in [3.63, 3.8) is 0 Å². The standard InChI is InChI=1S/C21H30N4O4/c1-3-5-6-7-8-9-10-17-11-13-19(14-12-17)29-16-18(26)15-25-20(22-23-24-25)21(27)28-4-2/h11-14H,3-10,15-16H2,1-2H3. The number of esters is 1. The van der Waals surface area contributed by atoms with Crippen LogP contribution in [0.1, 0.15) is 68.6 Å². The third kappa shape index (κ3) is 8.01. The molecule has 1 aromatic carbocycles. The number of ether oxygens (including phenoxy) is 2. The minimum Gasteiger partial charge on any atom is -0.486 e. The number of aryl methyl sites for hydroxylation is 1. The van der Waals surface area contributed by atoms with Gasteiger partial charge in [0.1, 0.15) is 18.9 Å². The fourth-order valence-corrected chi connectivity index (χ4v) is 2.89. The van der Waals surface area contributed by atoms with Gasteiger partial charge in [0.05, 0.1) is 6.61 Å². The van der Waals surface area contributed by atoms with Crippen LogP contribution in [0.15, 0.2) is 24.3 Å². The van der Waals surface area contributed by atoms with Gasteiger partial charge in [-0.25, -0.2) is 9.48 Å². The fraction of sp³-hybridized carbons (Fsp3) is 0.571. The molecule has 0 bridgehead atoms. The van der Waals surface area contributed by atoms with E-state index in [0.717, 1.165) is 11.1 Å². The van der Waals surface area contributed by atoms with Crippen LogP contribution in [0.2, 0.25) is 0 Å². The Kier molecular flexibility index (Phi) is 9.82. The molecule has 0 aliphatic heterocycles. The van der Waals surface area contributed by atoms with Crippen molar-refractivity contribution < 1.29 is 19.1 Å². The molecular formula is C21H30N4O4. The van der Waals surface area contributed by atoms with Crippen LogP contribution in [0.25, 0.3) is 0 Å². The van der Waals surface area contributed by atoms with Crippen LogP contribution in [0.3, 0.4) is 0 Å². The van der Waals surface area contributed by atoms with Crippen molar-refractivity contribution in [1.29, 1.82) is 0 Å². The number of unbranched alkanes of at least 4 members (excludes halogenated alkanes) is 5. The number of tetrazole rings is 1. The SMILES string of the molecule is CCCCCCCCc1ccc(OCC(=O)Cn2nnnc2C(=O)OCC)cc1. The molecule has 29 heavy (non-hydrogen) atoms. The average molecular weight is 402 g/mol. The molecule has 1 heterocycles. The molecule has 0 saturated heterocycles. The van der Waals surface area contributed by atoms with Crippen molar-refractivity contribution in [2.24, 2.45) is 0 Å². The number of hydrogen-bond donors (Lipinski definition) is 0. The van der Waals surface area contributed by atoms with Gasteiger partial charge in [-0.3, -0.25) is 4.79 Å². The third-order valence-electron chi connectivity index (χ3n) is 4.46. The molecule has 0 unspecified atom stereocenters. The second-order valence-corrected chi connectivity index (χ2v) is 6.87. The Bertz CT molecular complexity index is 758. The smallest absolute Gasteiger partial charge is 0.378 e. The number of carbonyl (C=O) groups excluding carboxylic acids is 2. The van der Waals surface area contributed by atoms with Crippen molar-refractivity contribution in [2.75, 3.05) is 13.2 Å². The van der Waals surface area contributed by atoms with Gasteiger partial charge in [0.15, 0.2) is 5.78 Å².